The Morgan fingerprint density at radius 2 is 2.25 bits per heavy atom. The fourth-order valence-corrected chi connectivity index (χ4v) is 1.40. The average Bonchev–Trinajstić information content (AvgIpc) is 2.29. The number of rotatable bonds is 6. The van der Waals surface area contributed by atoms with E-state index in [0.717, 1.165) is 6.42 Å². The number of Topliss-reactive ketones (excluding diaryl/α,β-unsaturated/α-hetero) is 1. The summed E-state index contributed by atoms with van der Waals surface area (Å²) >= 11 is 0. The van der Waals surface area contributed by atoms with Crippen molar-refractivity contribution < 1.29 is 14.6 Å². The van der Waals surface area contributed by atoms with Crippen molar-refractivity contribution in [1.82, 2.24) is 4.98 Å². The molecule has 88 valence electrons. The highest BCUT2D eigenvalue weighted by Gasteiger charge is 2.16. The molecule has 16 heavy (non-hydrogen) atoms. The first-order chi connectivity index (χ1) is 7.69. The topological polar surface area (TPSA) is 59.4 Å². The van der Waals surface area contributed by atoms with Crippen LogP contribution in [0.5, 0.6) is 5.75 Å². The van der Waals surface area contributed by atoms with E-state index in [2.05, 4.69) is 4.98 Å². The summed E-state index contributed by atoms with van der Waals surface area (Å²) in [5.74, 6) is 0.257. The molecule has 0 radical (unpaired) electrons. The second kappa shape index (κ2) is 6.23. The van der Waals surface area contributed by atoms with Crippen molar-refractivity contribution in [2.45, 2.75) is 32.8 Å². The Morgan fingerprint density at radius 1 is 1.50 bits per heavy atom. The maximum atomic E-state index is 11.7. The van der Waals surface area contributed by atoms with E-state index in [-0.39, 0.29) is 5.78 Å². The Balaban J connectivity index is 2.78. The van der Waals surface area contributed by atoms with Crippen LogP contribution in [0.2, 0.25) is 0 Å². The van der Waals surface area contributed by atoms with E-state index in [1.165, 1.54) is 6.20 Å². The Bertz CT molecular complexity index is 352. The van der Waals surface area contributed by atoms with E-state index in [1.54, 1.807) is 12.3 Å². The van der Waals surface area contributed by atoms with Gasteiger partial charge >= 0.3 is 0 Å². The highest BCUT2D eigenvalue weighted by molar-refractivity contribution is 5.99. The molecule has 0 aliphatic carbocycles. The highest BCUT2D eigenvalue weighted by Crippen LogP contribution is 2.14. The molecule has 4 heteroatoms. The molecule has 1 rings (SSSR count). The van der Waals surface area contributed by atoms with E-state index in [1.807, 2.05) is 13.8 Å². The number of ketones is 1. The molecule has 1 aromatic heterocycles. The molecule has 0 bridgehead atoms. The van der Waals surface area contributed by atoms with Gasteiger partial charge in [-0.15, -0.1) is 0 Å². The van der Waals surface area contributed by atoms with Gasteiger partial charge in [0.15, 0.2) is 5.78 Å². The van der Waals surface area contributed by atoms with Crippen LogP contribution in [-0.2, 0) is 0 Å². The van der Waals surface area contributed by atoms with Gasteiger partial charge in [-0.3, -0.25) is 9.78 Å². The summed E-state index contributed by atoms with van der Waals surface area (Å²) in [6, 6.07) is 1.61. The lowest BCUT2D eigenvalue weighted by Gasteiger charge is -2.09. The van der Waals surface area contributed by atoms with Crippen LogP contribution in [0.25, 0.3) is 0 Å². The molecule has 0 aliphatic rings. The second-order valence-electron chi connectivity index (χ2n) is 3.51. The molecule has 1 N–H and O–H groups in total. The van der Waals surface area contributed by atoms with Gasteiger partial charge in [-0.25, -0.2) is 0 Å². The molecule has 1 aromatic rings. The maximum Gasteiger partial charge on any atom is 0.192 e. The molecule has 0 fully saturated rings. The highest BCUT2D eigenvalue weighted by atomic mass is 16.5. The zero-order valence-electron chi connectivity index (χ0n) is 9.64. The standard InChI is InChI=1S/C12H17NO3/c1-3-5-11(14)12(15)9-6-10(16-4-2)8-13-7-9/h6-8,11,14H,3-5H2,1-2H3. The summed E-state index contributed by atoms with van der Waals surface area (Å²) in [6.07, 6.45) is 3.29. The number of hydrogen-bond donors (Lipinski definition) is 1. The Labute approximate surface area is 95.3 Å². The van der Waals surface area contributed by atoms with Crippen molar-refractivity contribution in [2.24, 2.45) is 0 Å². The predicted octanol–water partition coefficient (Wildman–Crippen LogP) is 1.82. The number of aromatic nitrogens is 1. The van der Waals surface area contributed by atoms with Gasteiger partial charge in [0, 0.05) is 11.8 Å². The minimum Gasteiger partial charge on any atom is -0.492 e. The van der Waals surface area contributed by atoms with E-state index in [9.17, 15) is 9.90 Å². The fourth-order valence-electron chi connectivity index (χ4n) is 1.40. The van der Waals surface area contributed by atoms with Crippen molar-refractivity contribution in [1.29, 1.82) is 0 Å². The van der Waals surface area contributed by atoms with Crippen molar-refractivity contribution in [2.75, 3.05) is 6.61 Å². The molecular weight excluding hydrogens is 206 g/mol. The third-order valence-electron chi connectivity index (χ3n) is 2.17. The molecular formula is C12H17NO3. The Hall–Kier alpha value is -1.42. The zero-order chi connectivity index (χ0) is 12.0. The normalized spacial score (nSPS) is 12.2. The van der Waals surface area contributed by atoms with Gasteiger partial charge in [-0.05, 0) is 19.4 Å². The molecule has 4 nitrogen and oxygen atoms in total. The van der Waals surface area contributed by atoms with Crippen LogP contribution in [0, 0.1) is 0 Å². The number of nitrogens with zero attached hydrogens (tertiary/aromatic N) is 1. The quantitative estimate of drug-likeness (QED) is 0.747. The van der Waals surface area contributed by atoms with Crippen molar-refractivity contribution >= 4 is 5.78 Å². The first-order valence-electron chi connectivity index (χ1n) is 5.49. The Morgan fingerprint density at radius 3 is 2.88 bits per heavy atom. The molecule has 0 aliphatic heterocycles. The molecule has 0 saturated heterocycles. The minimum atomic E-state index is -0.941. The molecule has 1 unspecified atom stereocenters. The first kappa shape index (κ1) is 12.6. The number of carbonyl (C=O) groups is 1. The SMILES string of the molecule is CCCC(O)C(=O)c1cncc(OCC)c1. The van der Waals surface area contributed by atoms with Crippen LogP contribution in [-0.4, -0.2) is 28.6 Å². The minimum absolute atomic E-state index is 0.295. The van der Waals surface area contributed by atoms with Crippen LogP contribution in [0.15, 0.2) is 18.5 Å². The van der Waals surface area contributed by atoms with Crippen LogP contribution in [0.4, 0.5) is 0 Å². The van der Waals surface area contributed by atoms with Crippen LogP contribution >= 0.6 is 0 Å². The van der Waals surface area contributed by atoms with Crippen molar-refractivity contribution in [3.8, 4) is 5.75 Å². The third kappa shape index (κ3) is 3.31. The maximum absolute atomic E-state index is 11.7. The van der Waals surface area contributed by atoms with Crippen molar-refractivity contribution in [3.05, 3.63) is 24.0 Å². The summed E-state index contributed by atoms with van der Waals surface area (Å²) in [7, 11) is 0. The van der Waals surface area contributed by atoms with Crippen LogP contribution < -0.4 is 4.74 Å². The summed E-state index contributed by atoms with van der Waals surface area (Å²) in [5, 5.41) is 9.57. The van der Waals surface area contributed by atoms with E-state index >= 15 is 0 Å². The summed E-state index contributed by atoms with van der Waals surface area (Å²) in [6.45, 7) is 4.31. The van der Waals surface area contributed by atoms with Gasteiger partial charge in [-0.1, -0.05) is 13.3 Å². The molecule has 0 aromatic carbocycles. The van der Waals surface area contributed by atoms with Gasteiger partial charge in [0.2, 0.25) is 0 Å². The number of carbonyl (C=O) groups excluding carboxylic acids is 1. The lowest BCUT2D eigenvalue weighted by molar-refractivity contribution is 0.0728. The van der Waals surface area contributed by atoms with Crippen molar-refractivity contribution in [3.63, 3.8) is 0 Å². The lowest BCUT2D eigenvalue weighted by atomic mass is 10.0. The lowest BCUT2D eigenvalue weighted by Crippen LogP contribution is -2.20. The number of aliphatic hydroxyl groups excluding tert-OH is 1. The summed E-state index contributed by atoms with van der Waals surface area (Å²) in [5.41, 5.74) is 0.395. The van der Waals surface area contributed by atoms with E-state index < -0.39 is 6.10 Å². The first-order valence-corrected chi connectivity index (χ1v) is 5.49. The number of ether oxygens (including phenoxy) is 1. The molecule has 1 atom stereocenters. The fraction of sp³-hybridized carbons (Fsp3) is 0.500. The second-order valence-corrected chi connectivity index (χ2v) is 3.51. The third-order valence-corrected chi connectivity index (χ3v) is 2.17. The van der Waals surface area contributed by atoms with Gasteiger partial charge in [0.05, 0.1) is 12.8 Å². The summed E-state index contributed by atoms with van der Waals surface area (Å²) in [4.78, 5) is 15.7. The van der Waals surface area contributed by atoms with Gasteiger partial charge in [0.25, 0.3) is 0 Å². The molecule has 0 saturated carbocycles. The van der Waals surface area contributed by atoms with Gasteiger partial charge in [0.1, 0.15) is 11.9 Å². The zero-order valence-corrected chi connectivity index (χ0v) is 9.64. The van der Waals surface area contributed by atoms with E-state index in [0.29, 0.717) is 24.3 Å². The van der Waals surface area contributed by atoms with Crippen LogP contribution in [0.3, 0.4) is 0 Å². The predicted molar refractivity (Wildman–Crippen MR) is 60.7 cm³/mol. The summed E-state index contributed by atoms with van der Waals surface area (Å²) < 4.78 is 5.24. The average molecular weight is 223 g/mol. The molecule has 0 spiro atoms. The largest absolute Gasteiger partial charge is 0.492 e. The number of aliphatic hydroxyl groups is 1. The van der Waals surface area contributed by atoms with Crippen LogP contribution in [0.1, 0.15) is 37.0 Å². The number of hydrogen-bond acceptors (Lipinski definition) is 4. The Kier molecular flexibility index (Phi) is 4.92. The molecule has 0 amide bonds. The van der Waals surface area contributed by atoms with Gasteiger partial charge < -0.3 is 9.84 Å². The number of pyridine rings is 1. The molecule has 1 heterocycles. The smallest absolute Gasteiger partial charge is 0.192 e. The monoisotopic (exact) mass is 223 g/mol. The van der Waals surface area contributed by atoms with E-state index in [4.69, 9.17) is 4.74 Å². The van der Waals surface area contributed by atoms with Gasteiger partial charge in [-0.2, -0.15) is 0 Å².